The van der Waals surface area contributed by atoms with Crippen LogP contribution in [0.3, 0.4) is 0 Å². The van der Waals surface area contributed by atoms with Crippen molar-refractivity contribution in [1.82, 2.24) is 0 Å². The van der Waals surface area contributed by atoms with Gasteiger partial charge in [-0.05, 0) is 24.6 Å². The Morgan fingerprint density at radius 2 is 2.07 bits per heavy atom. The molecule has 0 aliphatic heterocycles. The summed E-state index contributed by atoms with van der Waals surface area (Å²) in [7, 11) is 0. The van der Waals surface area contributed by atoms with Gasteiger partial charge in [0.25, 0.3) is 0 Å². The molecule has 0 bridgehead atoms. The fraction of sp³-hybridized carbons (Fsp3) is 0.182. The SMILES string of the molecule is CCOC(=O)/C=C(\[O-])c1ccc(F)cc1. The highest BCUT2D eigenvalue weighted by Gasteiger charge is 1.97. The summed E-state index contributed by atoms with van der Waals surface area (Å²) in [6, 6.07) is 4.94. The highest BCUT2D eigenvalue weighted by Crippen LogP contribution is 2.09. The summed E-state index contributed by atoms with van der Waals surface area (Å²) in [6.45, 7) is 1.86. The first-order valence-corrected chi connectivity index (χ1v) is 4.45. The average Bonchev–Trinajstić information content (AvgIpc) is 2.18. The zero-order valence-corrected chi connectivity index (χ0v) is 8.20. The predicted molar refractivity (Wildman–Crippen MR) is 51.0 cm³/mol. The molecule has 0 unspecified atom stereocenters. The Balaban J connectivity index is 2.79. The van der Waals surface area contributed by atoms with Gasteiger partial charge in [0.05, 0.1) is 6.61 Å². The zero-order chi connectivity index (χ0) is 11.3. The van der Waals surface area contributed by atoms with Gasteiger partial charge in [-0.25, -0.2) is 9.18 Å². The second-order valence-corrected chi connectivity index (χ2v) is 2.77. The third-order valence-electron chi connectivity index (χ3n) is 1.66. The Kier molecular flexibility index (Phi) is 3.85. The second-order valence-electron chi connectivity index (χ2n) is 2.77. The van der Waals surface area contributed by atoms with Gasteiger partial charge in [0, 0.05) is 6.08 Å². The quantitative estimate of drug-likeness (QED) is 0.425. The summed E-state index contributed by atoms with van der Waals surface area (Å²) < 4.78 is 17.1. The molecule has 0 saturated heterocycles. The number of ether oxygens (including phenoxy) is 1. The molecule has 15 heavy (non-hydrogen) atoms. The maximum absolute atomic E-state index is 12.5. The van der Waals surface area contributed by atoms with Crippen molar-refractivity contribution in [3.05, 3.63) is 41.7 Å². The van der Waals surface area contributed by atoms with E-state index in [1.165, 1.54) is 12.1 Å². The molecule has 0 aliphatic rings. The van der Waals surface area contributed by atoms with Crippen molar-refractivity contribution in [2.24, 2.45) is 0 Å². The maximum atomic E-state index is 12.5. The summed E-state index contributed by atoms with van der Waals surface area (Å²) in [5, 5.41) is 11.4. The van der Waals surface area contributed by atoms with Gasteiger partial charge in [0.15, 0.2) is 0 Å². The van der Waals surface area contributed by atoms with Crippen molar-refractivity contribution in [2.75, 3.05) is 6.61 Å². The van der Waals surface area contributed by atoms with Gasteiger partial charge >= 0.3 is 5.97 Å². The third kappa shape index (κ3) is 3.42. The molecule has 0 radical (unpaired) electrons. The van der Waals surface area contributed by atoms with Crippen LogP contribution < -0.4 is 5.11 Å². The monoisotopic (exact) mass is 209 g/mol. The van der Waals surface area contributed by atoms with Crippen molar-refractivity contribution in [3.8, 4) is 0 Å². The highest BCUT2D eigenvalue weighted by atomic mass is 19.1. The van der Waals surface area contributed by atoms with Crippen LogP contribution in [-0.2, 0) is 9.53 Å². The zero-order valence-electron chi connectivity index (χ0n) is 8.20. The van der Waals surface area contributed by atoms with Crippen LogP contribution in [0.15, 0.2) is 30.3 Å². The van der Waals surface area contributed by atoms with Crippen LogP contribution in [-0.4, -0.2) is 12.6 Å². The molecule has 1 rings (SSSR count). The summed E-state index contributed by atoms with van der Waals surface area (Å²) in [5.74, 6) is -1.61. The lowest BCUT2D eigenvalue weighted by Gasteiger charge is -2.11. The minimum Gasteiger partial charge on any atom is -0.872 e. The van der Waals surface area contributed by atoms with E-state index in [1.807, 2.05) is 0 Å². The van der Waals surface area contributed by atoms with Gasteiger partial charge in [-0.2, -0.15) is 0 Å². The number of carbonyl (C=O) groups is 1. The van der Waals surface area contributed by atoms with E-state index < -0.39 is 17.5 Å². The molecule has 0 spiro atoms. The molecule has 0 saturated carbocycles. The van der Waals surface area contributed by atoms with Crippen molar-refractivity contribution in [1.29, 1.82) is 0 Å². The molecule has 80 valence electrons. The maximum Gasteiger partial charge on any atom is 0.330 e. The van der Waals surface area contributed by atoms with Crippen molar-refractivity contribution in [3.63, 3.8) is 0 Å². The molecule has 0 aliphatic carbocycles. The van der Waals surface area contributed by atoms with Crippen LogP contribution in [0.4, 0.5) is 4.39 Å². The van der Waals surface area contributed by atoms with E-state index in [0.29, 0.717) is 0 Å². The van der Waals surface area contributed by atoms with E-state index in [2.05, 4.69) is 4.74 Å². The molecule has 0 aromatic heterocycles. The summed E-state index contributed by atoms with van der Waals surface area (Å²) in [4.78, 5) is 10.9. The Bertz CT molecular complexity index is 368. The standard InChI is InChI=1S/C11H11FO3/c1-2-15-11(14)7-10(13)8-3-5-9(12)6-4-8/h3-7,13H,2H2,1H3/p-1/b10-7-. The lowest BCUT2D eigenvalue weighted by atomic mass is 10.2. The topological polar surface area (TPSA) is 49.4 Å². The molecule has 0 heterocycles. The number of hydrogen-bond donors (Lipinski definition) is 0. The molecule has 4 heteroatoms. The number of benzene rings is 1. The van der Waals surface area contributed by atoms with Crippen LogP contribution in [0, 0.1) is 5.82 Å². The molecule has 0 N–H and O–H groups in total. The normalized spacial score (nSPS) is 11.2. The lowest BCUT2D eigenvalue weighted by molar-refractivity contribution is -0.244. The van der Waals surface area contributed by atoms with Crippen LogP contribution in [0.25, 0.3) is 5.76 Å². The van der Waals surface area contributed by atoms with E-state index in [-0.39, 0.29) is 12.2 Å². The molecule has 3 nitrogen and oxygen atoms in total. The summed E-state index contributed by atoms with van der Waals surface area (Å²) in [6.07, 6.45) is 0.844. The average molecular weight is 209 g/mol. The molecule has 1 aromatic carbocycles. The molecule has 0 atom stereocenters. The van der Waals surface area contributed by atoms with Crippen molar-refractivity contribution >= 4 is 11.7 Å². The van der Waals surface area contributed by atoms with Gasteiger partial charge in [0.1, 0.15) is 5.82 Å². The molecule has 0 amide bonds. The first-order valence-electron chi connectivity index (χ1n) is 4.45. The Morgan fingerprint density at radius 3 is 2.60 bits per heavy atom. The first-order chi connectivity index (χ1) is 7.13. The third-order valence-corrected chi connectivity index (χ3v) is 1.66. The first kappa shape index (κ1) is 11.2. The van der Waals surface area contributed by atoms with Crippen LogP contribution >= 0.6 is 0 Å². The number of carbonyl (C=O) groups excluding carboxylic acids is 1. The second kappa shape index (κ2) is 5.14. The van der Waals surface area contributed by atoms with E-state index in [9.17, 15) is 14.3 Å². The van der Waals surface area contributed by atoms with Crippen molar-refractivity contribution in [2.45, 2.75) is 6.92 Å². The van der Waals surface area contributed by atoms with E-state index in [1.54, 1.807) is 6.92 Å². The number of halogens is 1. The predicted octanol–water partition coefficient (Wildman–Crippen LogP) is 1.09. The van der Waals surface area contributed by atoms with E-state index in [0.717, 1.165) is 18.2 Å². The van der Waals surface area contributed by atoms with Gasteiger partial charge in [0.2, 0.25) is 0 Å². The lowest BCUT2D eigenvalue weighted by Crippen LogP contribution is -2.08. The Hall–Kier alpha value is -1.84. The van der Waals surface area contributed by atoms with Crippen LogP contribution in [0.5, 0.6) is 0 Å². The molecular weight excluding hydrogens is 199 g/mol. The van der Waals surface area contributed by atoms with Gasteiger partial charge in [-0.3, -0.25) is 0 Å². The minimum atomic E-state index is -0.688. The fourth-order valence-electron chi connectivity index (χ4n) is 0.988. The van der Waals surface area contributed by atoms with Crippen LogP contribution in [0.2, 0.25) is 0 Å². The number of esters is 1. The minimum absolute atomic E-state index is 0.214. The molecular formula is C11H10FO3-. The van der Waals surface area contributed by atoms with Crippen LogP contribution in [0.1, 0.15) is 12.5 Å². The number of rotatable bonds is 3. The largest absolute Gasteiger partial charge is 0.872 e. The summed E-state index contributed by atoms with van der Waals surface area (Å²) >= 11 is 0. The van der Waals surface area contributed by atoms with Gasteiger partial charge < -0.3 is 9.84 Å². The fourth-order valence-corrected chi connectivity index (χ4v) is 0.988. The Labute approximate surface area is 86.8 Å². The number of hydrogen-bond acceptors (Lipinski definition) is 3. The van der Waals surface area contributed by atoms with Crippen molar-refractivity contribution < 1.29 is 19.0 Å². The smallest absolute Gasteiger partial charge is 0.330 e. The van der Waals surface area contributed by atoms with Gasteiger partial charge in [-0.1, -0.05) is 17.9 Å². The molecule has 1 aromatic rings. The Morgan fingerprint density at radius 1 is 1.47 bits per heavy atom. The highest BCUT2D eigenvalue weighted by molar-refractivity contribution is 5.88. The van der Waals surface area contributed by atoms with Gasteiger partial charge in [-0.15, -0.1) is 0 Å². The van der Waals surface area contributed by atoms with E-state index >= 15 is 0 Å². The molecule has 0 fully saturated rings. The van der Waals surface area contributed by atoms with E-state index in [4.69, 9.17) is 0 Å². The summed E-state index contributed by atoms with van der Waals surface area (Å²) in [5.41, 5.74) is 0.254.